The third-order valence-electron chi connectivity index (χ3n) is 4.91. The fraction of sp³-hybridized carbons (Fsp3) is 0.882. The fourth-order valence-corrected chi connectivity index (χ4v) is 2.91. The molecule has 1 N–H and O–H groups in total. The van der Waals surface area contributed by atoms with Gasteiger partial charge in [0.05, 0.1) is 0 Å². The number of hydrogen-bond donors (Lipinski definition) is 1. The SMILES string of the molecule is CC(CNC1CC1)C(C)N1CC=C(C(C)(C)C)CC1. The molecule has 2 nitrogen and oxygen atoms in total. The maximum atomic E-state index is 3.67. The lowest BCUT2D eigenvalue weighted by atomic mass is 9.82. The second-order valence-corrected chi connectivity index (χ2v) is 7.62. The Bertz CT molecular complexity index is 323. The van der Waals surface area contributed by atoms with E-state index in [1.807, 2.05) is 0 Å². The van der Waals surface area contributed by atoms with Gasteiger partial charge in [-0.15, -0.1) is 0 Å². The standard InChI is InChI=1S/C17H32N2/c1-13(12-18-16-6-7-16)14(2)19-10-8-15(9-11-19)17(3,4)5/h8,13-14,16,18H,6-7,9-12H2,1-5H3. The Labute approximate surface area is 119 Å². The average molecular weight is 264 g/mol. The first-order valence-electron chi connectivity index (χ1n) is 8.05. The van der Waals surface area contributed by atoms with Crippen molar-refractivity contribution in [1.82, 2.24) is 10.2 Å². The van der Waals surface area contributed by atoms with Crippen molar-refractivity contribution in [3.63, 3.8) is 0 Å². The predicted octanol–water partition coefficient (Wildman–Crippen LogP) is 3.44. The molecule has 19 heavy (non-hydrogen) atoms. The van der Waals surface area contributed by atoms with E-state index in [1.165, 1.54) is 32.4 Å². The highest BCUT2D eigenvalue weighted by molar-refractivity contribution is 5.14. The smallest absolute Gasteiger partial charge is 0.0169 e. The van der Waals surface area contributed by atoms with Gasteiger partial charge >= 0.3 is 0 Å². The molecule has 0 amide bonds. The molecule has 0 bridgehead atoms. The molecule has 0 radical (unpaired) electrons. The molecular formula is C17H32N2. The van der Waals surface area contributed by atoms with Crippen LogP contribution in [0.5, 0.6) is 0 Å². The minimum atomic E-state index is 0.356. The molecule has 0 aromatic heterocycles. The Balaban J connectivity index is 1.80. The first kappa shape index (κ1) is 15.1. The van der Waals surface area contributed by atoms with Gasteiger partial charge < -0.3 is 5.32 Å². The van der Waals surface area contributed by atoms with Crippen LogP contribution >= 0.6 is 0 Å². The zero-order chi connectivity index (χ0) is 14.0. The van der Waals surface area contributed by atoms with Gasteiger partial charge in [-0.25, -0.2) is 0 Å². The summed E-state index contributed by atoms with van der Waals surface area (Å²) in [4.78, 5) is 2.65. The van der Waals surface area contributed by atoms with Gasteiger partial charge in [-0.3, -0.25) is 4.90 Å². The van der Waals surface area contributed by atoms with Gasteiger partial charge in [0, 0.05) is 25.2 Å². The van der Waals surface area contributed by atoms with Gasteiger partial charge in [0.15, 0.2) is 0 Å². The van der Waals surface area contributed by atoms with Crippen LogP contribution in [0.15, 0.2) is 11.6 Å². The zero-order valence-electron chi connectivity index (χ0n) is 13.5. The van der Waals surface area contributed by atoms with Crippen molar-refractivity contribution in [3.05, 3.63) is 11.6 Å². The van der Waals surface area contributed by atoms with Gasteiger partial charge in [0.25, 0.3) is 0 Å². The van der Waals surface area contributed by atoms with Crippen molar-refractivity contribution in [2.45, 2.75) is 66.0 Å². The molecule has 1 saturated carbocycles. The summed E-state index contributed by atoms with van der Waals surface area (Å²) in [5.74, 6) is 0.741. The molecule has 2 aliphatic rings. The van der Waals surface area contributed by atoms with Crippen molar-refractivity contribution in [2.24, 2.45) is 11.3 Å². The Morgan fingerprint density at radius 3 is 2.47 bits per heavy atom. The highest BCUT2D eigenvalue weighted by atomic mass is 15.2. The van der Waals surface area contributed by atoms with E-state index in [0.29, 0.717) is 11.5 Å². The molecular weight excluding hydrogens is 232 g/mol. The van der Waals surface area contributed by atoms with E-state index in [4.69, 9.17) is 0 Å². The van der Waals surface area contributed by atoms with Crippen LogP contribution in [0.25, 0.3) is 0 Å². The molecule has 2 rings (SSSR count). The van der Waals surface area contributed by atoms with E-state index >= 15 is 0 Å². The molecule has 0 spiro atoms. The van der Waals surface area contributed by atoms with Crippen LogP contribution in [-0.2, 0) is 0 Å². The van der Waals surface area contributed by atoms with Crippen molar-refractivity contribution < 1.29 is 0 Å². The van der Waals surface area contributed by atoms with Crippen LogP contribution in [0.1, 0.15) is 53.9 Å². The molecule has 2 unspecified atom stereocenters. The lowest BCUT2D eigenvalue weighted by molar-refractivity contribution is 0.166. The quantitative estimate of drug-likeness (QED) is 0.765. The summed E-state index contributed by atoms with van der Waals surface area (Å²) in [5, 5.41) is 3.67. The molecule has 0 aromatic rings. The first-order chi connectivity index (χ1) is 8.88. The van der Waals surface area contributed by atoms with E-state index < -0.39 is 0 Å². The molecule has 1 aliphatic carbocycles. The molecule has 2 heteroatoms. The van der Waals surface area contributed by atoms with Crippen molar-refractivity contribution in [2.75, 3.05) is 19.6 Å². The lowest BCUT2D eigenvalue weighted by Gasteiger charge is -2.38. The zero-order valence-corrected chi connectivity index (χ0v) is 13.5. The topological polar surface area (TPSA) is 15.3 Å². The molecule has 1 heterocycles. The summed E-state index contributed by atoms with van der Waals surface area (Å²) in [6.07, 6.45) is 6.50. The van der Waals surface area contributed by atoms with E-state index in [1.54, 1.807) is 5.57 Å². The van der Waals surface area contributed by atoms with E-state index in [9.17, 15) is 0 Å². The third-order valence-corrected chi connectivity index (χ3v) is 4.91. The van der Waals surface area contributed by atoms with Gasteiger partial charge in [-0.1, -0.05) is 39.3 Å². The van der Waals surface area contributed by atoms with Crippen LogP contribution in [0.3, 0.4) is 0 Å². The van der Waals surface area contributed by atoms with Crippen LogP contribution in [0, 0.1) is 11.3 Å². The van der Waals surface area contributed by atoms with E-state index in [0.717, 1.165) is 18.5 Å². The fourth-order valence-electron chi connectivity index (χ4n) is 2.91. The normalized spacial score (nSPS) is 25.0. The predicted molar refractivity (Wildman–Crippen MR) is 83.4 cm³/mol. The molecule has 1 fully saturated rings. The number of nitrogens with zero attached hydrogens (tertiary/aromatic N) is 1. The van der Waals surface area contributed by atoms with Crippen LogP contribution < -0.4 is 5.32 Å². The maximum absolute atomic E-state index is 3.67. The lowest BCUT2D eigenvalue weighted by Crippen LogP contribution is -2.44. The molecule has 110 valence electrons. The molecule has 0 aromatic carbocycles. The Morgan fingerprint density at radius 2 is 2.00 bits per heavy atom. The minimum Gasteiger partial charge on any atom is -0.314 e. The summed E-state index contributed by atoms with van der Waals surface area (Å²) in [6.45, 7) is 15.3. The second kappa shape index (κ2) is 5.97. The van der Waals surface area contributed by atoms with Crippen LogP contribution in [0.4, 0.5) is 0 Å². The Kier molecular flexibility index (Phi) is 4.73. The maximum Gasteiger partial charge on any atom is 0.0169 e. The van der Waals surface area contributed by atoms with Crippen molar-refractivity contribution in [3.8, 4) is 0 Å². The second-order valence-electron chi connectivity index (χ2n) is 7.62. The summed E-state index contributed by atoms with van der Waals surface area (Å²) >= 11 is 0. The van der Waals surface area contributed by atoms with Crippen molar-refractivity contribution in [1.29, 1.82) is 0 Å². The summed E-state index contributed by atoms with van der Waals surface area (Å²) in [7, 11) is 0. The minimum absolute atomic E-state index is 0.356. The van der Waals surface area contributed by atoms with Crippen LogP contribution in [0.2, 0.25) is 0 Å². The molecule has 2 atom stereocenters. The highest BCUT2D eigenvalue weighted by Gasteiger charge is 2.27. The molecule has 1 aliphatic heterocycles. The Morgan fingerprint density at radius 1 is 1.32 bits per heavy atom. The third kappa shape index (κ3) is 4.32. The summed E-state index contributed by atoms with van der Waals surface area (Å²) in [6, 6.07) is 1.52. The largest absolute Gasteiger partial charge is 0.314 e. The average Bonchev–Trinajstić information content (AvgIpc) is 3.18. The van der Waals surface area contributed by atoms with E-state index in [-0.39, 0.29) is 0 Å². The van der Waals surface area contributed by atoms with Gasteiger partial charge in [-0.2, -0.15) is 0 Å². The van der Waals surface area contributed by atoms with Crippen LogP contribution in [-0.4, -0.2) is 36.6 Å². The monoisotopic (exact) mass is 264 g/mol. The van der Waals surface area contributed by atoms with Crippen molar-refractivity contribution >= 4 is 0 Å². The Hall–Kier alpha value is -0.340. The highest BCUT2D eigenvalue weighted by Crippen LogP contribution is 2.31. The van der Waals surface area contributed by atoms with Gasteiger partial charge in [0.2, 0.25) is 0 Å². The van der Waals surface area contributed by atoms with Gasteiger partial charge in [0.1, 0.15) is 0 Å². The number of rotatable bonds is 5. The molecule has 0 saturated heterocycles. The van der Waals surface area contributed by atoms with Gasteiger partial charge in [-0.05, 0) is 44.1 Å². The first-order valence-corrected chi connectivity index (χ1v) is 8.05. The van der Waals surface area contributed by atoms with E-state index in [2.05, 4.69) is 50.9 Å². The summed E-state index contributed by atoms with van der Waals surface area (Å²) < 4.78 is 0. The number of hydrogen-bond acceptors (Lipinski definition) is 2. The summed E-state index contributed by atoms with van der Waals surface area (Å²) in [5.41, 5.74) is 1.99. The number of nitrogens with one attached hydrogen (secondary N) is 1.